The highest BCUT2D eigenvalue weighted by molar-refractivity contribution is 5.36. The van der Waals surface area contributed by atoms with Crippen molar-refractivity contribution in [3.63, 3.8) is 0 Å². The molecule has 0 radical (unpaired) electrons. The van der Waals surface area contributed by atoms with Crippen LogP contribution in [-0.2, 0) is 12.8 Å². The normalized spacial score (nSPS) is 10.4. The maximum absolute atomic E-state index is 11.5. The first-order valence-electron chi connectivity index (χ1n) is 5.56. The molecule has 0 fully saturated rings. The summed E-state index contributed by atoms with van der Waals surface area (Å²) in [5, 5.41) is 0. The number of H-pyrrole nitrogens is 1. The first-order chi connectivity index (χ1) is 8.16. The molecule has 2 aromatic rings. The number of nitrogen functional groups attached to an aromatic ring is 1. The van der Waals surface area contributed by atoms with Crippen LogP contribution in [0.5, 0.6) is 0 Å². The van der Waals surface area contributed by atoms with Gasteiger partial charge < -0.3 is 10.7 Å². The van der Waals surface area contributed by atoms with E-state index in [9.17, 15) is 4.79 Å². The van der Waals surface area contributed by atoms with Gasteiger partial charge in [0.15, 0.2) is 0 Å². The summed E-state index contributed by atoms with van der Waals surface area (Å²) < 4.78 is 0. The third-order valence-corrected chi connectivity index (χ3v) is 2.73. The smallest absolute Gasteiger partial charge is 0.255 e. The van der Waals surface area contributed by atoms with Crippen molar-refractivity contribution in [2.45, 2.75) is 19.8 Å². The molecule has 4 nitrogen and oxygen atoms in total. The largest absolute Gasteiger partial charge is 0.383 e. The second-order valence-corrected chi connectivity index (χ2v) is 4.01. The van der Waals surface area contributed by atoms with Gasteiger partial charge in [-0.1, -0.05) is 30.3 Å². The quantitative estimate of drug-likeness (QED) is 0.836. The van der Waals surface area contributed by atoms with Crippen LogP contribution in [-0.4, -0.2) is 9.97 Å². The number of nitrogens with two attached hydrogens (primary N) is 1. The summed E-state index contributed by atoms with van der Waals surface area (Å²) in [6.45, 7) is 1.67. The van der Waals surface area contributed by atoms with Crippen LogP contribution in [0.15, 0.2) is 35.1 Å². The van der Waals surface area contributed by atoms with Gasteiger partial charge >= 0.3 is 0 Å². The van der Waals surface area contributed by atoms with Crippen LogP contribution in [0.2, 0.25) is 0 Å². The third kappa shape index (κ3) is 2.72. The van der Waals surface area contributed by atoms with Crippen molar-refractivity contribution < 1.29 is 0 Å². The van der Waals surface area contributed by atoms with Gasteiger partial charge in [-0.2, -0.15) is 0 Å². The Morgan fingerprint density at radius 2 is 1.94 bits per heavy atom. The second-order valence-electron chi connectivity index (χ2n) is 4.01. The molecule has 0 aliphatic rings. The van der Waals surface area contributed by atoms with Crippen LogP contribution in [0.1, 0.15) is 17.0 Å². The van der Waals surface area contributed by atoms with Crippen LogP contribution in [0.3, 0.4) is 0 Å². The Morgan fingerprint density at radius 3 is 2.59 bits per heavy atom. The van der Waals surface area contributed by atoms with E-state index in [1.54, 1.807) is 6.92 Å². The van der Waals surface area contributed by atoms with Gasteiger partial charge in [-0.05, 0) is 18.9 Å². The van der Waals surface area contributed by atoms with E-state index in [-0.39, 0.29) is 5.56 Å². The number of aromatic nitrogens is 2. The Balaban J connectivity index is 2.13. The molecule has 88 valence electrons. The first kappa shape index (κ1) is 11.4. The molecule has 1 aromatic heterocycles. The van der Waals surface area contributed by atoms with E-state index in [4.69, 9.17) is 5.73 Å². The lowest BCUT2D eigenvalue weighted by Crippen LogP contribution is -2.17. The number of hydrogen-bond donors (Lipinski definition) is 2. The highest BCUT2D eigenvalue weighted by atomic mass is 16.1. The average molecular weight is 229 g/mol. The minimum absolute atomic E-state index is 0.152. The number of rotatable bonds is 3. The van der Waals surface area contributed by atoms with Gasteiger partial charge in [-0.15, -0.1) is 0 Å². The lowest BCUT2D eigenvalue weighted by Gasteiger charge is -2.04. The zero-order chi connectivity index (χ0) is 12.3. The van der Waals surface area contributed by atoms with Crippen molar-refractivity contribution in [2.24, 2.45) is 0 Å². The summed E-state index contributed by atoms with van der Waals surface area (Å²) in [5.41, 5.74) is 7.20. The third-order valence-electron chi connectivity index (χ3n) is 2.73. The first-order valence-corrected chi connectivity index (χ1v) is 5.56. The monoisotopic (exact) mass is 229 g/mol. The zero-order valence-corrected chi connectivity index (χ0v) is 9.73. The van der Waals surface area contributed by atoms with Crippen LogP contribution >= 0.6 is 0 Å². The SMILES string of the molecule is Cc1c(N)nc(CCc2ccccc2)[nH]c1=O. The second kappa shape index (κ2) is 4.82. The fourth-order valence-electron chi connectivity index (χ4n) is 1.62. The van der Waals surface area contributed by atoms with Gasteiger partial charge in [0, 0.05) is 6.42 Å². The van der Waals surface area contributed by atoms with Crippen LogP contribution in [0, 0.1) is 6.92 Å². The zero-order valence-electron chi connectivity index (χ0n) is 9.73. The van der Waals surface area contributed by atoms with E-state index in [1.165, 1.54) is 5.56 Å². The Bertz CT molecular complexity index is 561. The van der Waals surface area contributed by atoms with Crippen LogP contribution in [0.4, 0.5) is 5.82 Å². The molecule has 2 rings (SSSR count). The minimum atomic E-state index is -0.152. The van der Waals surface area contributed by atoms with Gasteiger partial charge in [0.1, 0.15) is 11.6 Å². The fourth-order valence-corrected chi connectivity index (χ4v) is 1.62. The van der Waals surface area contributed by atoms with Crippen molar-refractivity contribution >= 4 is 5.82 Å². The Morgan fingerprint density at radius 1 is 1.24 bits per heavy atom. The van der Waals surface area contributed by atoms with E-state index in [0.29, 0.717) is 23.6 Å². The Labute approximate surface area is 99.5 Å². The molecule has 0 saturated carbocycles. The summed E-state index contributed by atoms with van der Waals surface area (Å²) in [6.07, 6.45) is 1.52. The number of aromatic amines is 1. The van der Waals surface area contributed by atoms with Gasteiger partial charge in [-0.3, -0.25) is 4.79 Å². The van der Waals surface area contributed by atoms with E-state index < -0.39 is 0 Å². The average Bonchev–Trinajstić information content (AvgIpc) is 2.34. The summed E-state index contributed by atoms with van der Waals surface area (Å²) in [7, 11) is 0. The number of benzene rings is 1. The van der Waals surface area contributed by atoms with E-state index in [1.807, 2.05) is 18.2 Å². The predicted octanol–water partition coefficient (Wildman–Crippen LogP) is 1.45. The summed E-state index contributed by atoms with van der Waals surface area (Å²) in [6, 6.07) is 10.1. The molecule has 1 aromatic carbocycles. The van der Waals surface area contributed by atoms with Crippen LogP contribution < -0.4 is 11.3 Å². The molecule has 1 heterocycles. The molecule has 3 N–H and O–H groups in total. The lowest BCUT2D eigenvalue weighted by atomic mass is 10.1. The molecular weight excluding hydrogens is 214 g/mol. The number of aryl methyl sites for hydroxylation is 2. The van der Waals surface area contributed by atoms with Gasteiger partial charge in [0.2, 0.25) is 0 Å². The molecule has 0 saturated heterocycles. The number of nitrogens with one attached hydrogen (secondary N) is 1. The Kier molecular flexibility index (Phi) is 3.23. The summed E-state index contributed by atoms with van der Waals surface area (Å²) in [5.74, 6) is 0.957. The number of anilines is 1. The maximum Gasteiger partial charge on any atom is 0.255 e. The number of nitrogens with zero attached hydrogens (tertiary/aromatic N) is 1. The molecule has 17 heavy (non-hydrogen) atoms. The minimum Gasteiger partial charge on any atom is -0.383 e. The topological polar surface area (TPSA) is 71.8 Å². The predicted molar refractivity (Wildman–Crippen MR) is 67.9 cm³/mol. The van der Waals surface area contributed by atoms with Gasteiger partial charge in [0.05, 0.1) is 5.56 Å². The van der Waals surface area contributed by atoms with Crippen molar-refractivity contribution in [1.29, 1.82) is 0 Å². The van der Waals surface area contributed by atoms with Crippen molar-refractivity contribution in [3.05, 3.63) is 57.6 Å². The lowest BCUT2D eigenvalue weighted by molar-refractivity contribution is 0.845. The molecule has 0 amide bonds. The van der Waals surface area contributed by atoms with Crippen molar-refractivity contribution in [2.75, 3.05) is 5.73 Å². The number of hydrogen-bond acceptors (Lipinski definition) is 3. The molecule has 0 aliphatic carbocycles. The van der Waals surface area contributed by atoms with E-state index in [0.717, 1.165) is 6.42 Å². The van der Waals surface area contributed by atoms with Crippen molar-refractivity contribution in [1.82, 2.24) is 9.97 Å². The molecule has 0 aliphatic heterocycles. The molecular formula is C13H15N3O. The van der Waals surface area contributed by atoms with E-state index in [2.05, 4.69) is 22.1 Å². The molecule has 0 atom stereocenters. The summed E-state index contributed by atoms with van der Waals surface area (Å²) >= 11 is 0. The Hall–Kier alpha value is -2.10. The van der Waals surface area contributed by atoms with Gasteiger partial charge in [0.25, 0.3) is 5.56 Å². The van der Waals surface area contributed by atoms with Gasteiger partial charge in [-0.25, -0.2) is 4.98 Å². The standard InChI is InChI=1S/C13H15N3O/c1-9-12(14)15-11(16-13(9)17)8-7-10-5-3-2-4-6-10/h2-6H,7-8H2,1H3,(H3,14,15,16,17). The molecule has 0 unspecified atom stereocenters. The summed E-state index contributed by atoms with van der Waals surface area (Å²) in [4.78, 5) is 18.4. The fraction of sp³-hybridized carbons (Fsp3) is 0.231. The highest BCUT2D eigenvalue weighted by Crippen LogP contribution is 2.05. The molecule has 0 spiro atoms. The molecule has 0 bridgehead atoms. The van der Waals surface area contributed by atoms with E-state index >= 15 is 0 Å². The highest BCUT2D eigenvalue weighted by Gasteiger charge is 2.04. The van der Waals surface area contributed by atoms with Crippen molar-refractivity contribution in [3.8, 4) is 0 Å². The maximum atomic E-state index is 11.5. The molecule has 4 heteroatoms. The van der Waals surface area contributed by atoms with Crippen LogP contribution in [0.25, 0.3) is 0 Å².